The fourth-order valence-corrected chi connectivity index (χ4v) is 2.69. The van der Waals surface area contributed by atoms with Crippen LogP contribution in [0.15, 0.2) is 36.5 Å². The third-order valence-corrected chi connectivity index (χ3v) is 3.64. The molecule has 2 unspecified atom stereocenters. The molecule has 106 valence electrons. The van der Waals surface area contributed by atoms with E-state index >= 15 is 0 Å². The molecule has 0 saturated carbocycles. The van der Waals surface area contributed by atoms with E-state index in [4.69, 9.17) is 4.74 Å². The molecule has 1 aliphatic heterocycles. The molecule has 1 aliphatic rings. The molecular weight excluding hydrogens is 250 g/mol. The van der Waals surface area contributed by atoms with Crippen LogP contribution in [0.5, 0.6) is 0 Å². The lowest BCUT2D eigenvalue weighted by Crippen LogP contribution is -2.43. The first-order chi connectivity index (χ1) is 9.81. The highest BCUT2D eigenvalue weighted by molar-refractivity contribution is 5.81. The Morgan fingerprint density at radius 3 is 3.20 bits per heavy atom. The molecule has 0 amide bonds. The topological polar surface area (TPSA) is 46.2 Å². The summed E-state index contributed by atoms with van der Waals surface area (Å²) in [6.07, 6.45) is 2.95. The lowest BCUT2D eigenvalue weighted by Gasteiger charge is -2.27. The Morgan fingerprint density at radius 1 is 1.45 bits per heavy atom. The van der Waals surface area contributed by atoms with Crippen molar-refractivity contribution < 1.29 is 4.74 Å². The highest BCUT2D eigenvalue weighted by Gasteiger charge is 2.16. The summed E-state index contributed by atoms with van der Waals surface area (Å²) in [5, 5.41) is 8.18. The van der Waals surface area contributed by atoms with Crippen molar-refractivity contribution in [1.82, 2.24) is 10.3 Å². The van der Waals surface area contributed by atoms with E-state index in [2.05, 4.69) is 34.7 Å². The van der Waals surface area contributed by atoms with Gasteiger partial charge in [-0.3, -0.25) is 4.98 Å². The molecular formula is C16H21N3O. The molecule has 1 aromatic heterocycles. The summed E-state index contributed by atoms with van der Waals surface area (Å²) >= 11 is 0. The maximum absolute atomic E-state index is 5.49. The second-order valence-corrected chi connectivity index (χ2v) is 5.42. The van der Waals surface area contributed by atoms with E-state index in [9.17, 15) is 0 Å². The molecule has 4 nitrogen and oxygen atoms in total. The number of rotatable bonds is 4. The largest absolute Gasteiger partial charge is 0.381 e. The summed E-state index contributed by atoms with van der Waals surface area (Å²) in [5.41, 5.74) is 2.11. The number of nitrogens with one attached hydrogen (secondary N) is 2. The van der Waals surface area contributed by atoms with E-state index < -0.39 is 0 Å². The average Bonchev–Trinajstić information content (AvgIpc) is 2.48. The molecule has 2 N–H and O–H groups in total. The van der Waals surface area contributed by atoms with E-state index in [-0.39, 0.29) is 0 Å². The van der Waals surface area contributed by atoms with Crippen molar-refractivity contribution in [3.05, 3.63) is 36.5 Å². The van der Waals surface area contributed by atoms with Gasteiger partial charge in [-0.1, -0.05) is 18.2 Å². The van der Waals surface area contributed by atoms with Gasteiger partial charge in [-0.05, 0) is 25.5 Å². The Balaban J connectivity index is 1.62. The van der Waals surface area contributed by atoms with Crippen LogP contribution in [-0.2, 0) is 4.74 Å². The summed E-state index contributed by atoms with van der Waals surface area (Å²) in [4.78, 5) is 4.48. The summed E-state index contributed by atoms with van der Waals surface area (Å²) < 4.78 is 5.49. The van der Waals surface area contributed by atoms with Crippen molar-refractivity contribution in [3.8, 4) is 0 Å². The van der Waals surface area contributed by atoms with E-state index in [1.165, 1.54) is 5.39 Å². The van der Waals surface area contributed by atoms with Gasteiger partial charge in [-0.25, -0.2) is 0 Å². The zero-order valence-electron chi connectivity index (χ0n) is 11.8. The molecule has 0 aliphatic carbocycles. The van der Waals surface area contributed by atoms with Gasteiger partial charge in [-0.15, -0.1) is 0 Å². The molecule has 2 heterocycles. The molecule has 0 spiro atoms. The molecule has 3 rings (SSSR count). The zero-order chi connectivity index (χ0) is 13.8. The molecule has 2 aromatic rings. The normalized spacial score (nSPS) is 20.8. The number of nitrogens with zero attached hydrogens (tertiary/aromatic N) is 1. The fourth-order valence-electron chi connectivity index (χ4n) is 2.69. The number of ether oxygens (including phenoxy) is 1. The lowest BCUT2D eigenvalue weighted by atomic mass is 10.1. The van der Waals surface area contributed by atoms with Crippen LogP contribution in [0, 0.1) is 0 Å². The van der Waals surface area contributed by atoms with E-state index in [0.717, 1.165) is 37.4 Å². The van der Waals surface area contributed by atoms with Gasteiger partial charge in [0.1, 0.15) is 0 Å². The Bertz CT molecular complexity index is 566. The van der Waals surface area contributed by atoms with Crippen LogP contribution in [0.1, 0.15) is 13.3 Å². The van der Waals surface area contributed by atoms with Gasteiger partial charge >= 0.3 is 0 Å². The Hall–Kier alpha value is -1.65. The van der Waals surface area contributed by atoms with Crippen LogP contribution < -0.4 is 10.6 Å². The second-order valence-electron chi connectivity index (χ2n) is 5.42. The predicted octanol–water partition coefficient (Wildman–Crippen LogP) is 2.41. The van der Waals surface area contributed by atoms with Gasteiger partial charge in [0.25, 0.3) is 0 Å². The Kier molecular flexibility index (Phi) is 4.14. The minimum atomic E-state index is 0.386. The highest BCUT2D eigenvalue weighted by Crippen LogP contribution is 2.17. The Labute approximate surface area is 119 Å². The van der Waals surface area contributed by atoms with Gasteiger partial charge in [0, 0.05) is 24.0 Å². The van der Waals surface area contributed by atoms with Crippen LogP contribution in [0.3, 0.4) is 0 Å². The number of hydrogen-bond donors (Lipinski definition) is 2. The first-order valence-corrected chi connectivity index (χ1v) is 7.24. The molecule has 0 radical (unpaired) electrons. The van der Waals surface area contributed by atoms with E-state index in [1.807, 2.05) is 24.4 Å². The second kappa shape index (κ2) is 6.20. The molecule has 20 heavy (non-hydrogen) atoms. The van der Waals surface area contributed by atoms with E-state index in [1.54, 1.807) is 0 Å². The minimum absolute atomic E-state index is 0.386. The average molecular weight is 271 g/mol. The van der Waals surface area contributed by atoms with Crippen LogP contribution in [0.25, 0.3) is 10.9 Å². The van der Waals surface area contributed by atoms with E-state index in [0.29, 0.717) is 12.1 Å². The summed E-state index contributed by atoms with van der Waals surface area (Å²) in [6.45, 7) is 4.79. The number of pyridine rings is 1. The van der Waals surface area contributed by atoms with Crippen molar-refractivity contribution >= 4 is 16.6 Å². The predicted molar refractivity (Wildman–Crippen MR) is 82.1 cm³/mol. The number of hydrogen-bond acceptors (Lipinski definition) is 4. The maximum atomic E-state index is 5.49. The molecule has 1 fully saturated rings. The SMILES string of the molecule is CC(CC1COCCN1)Nc1cnc2ccccc2c1. The number of para-hydroxylation sites is 1. The third-order valence-electron chi connectivity index (χ3n) is 3.64. The van der Waals surface area contributed by atoms with Crippen LogP contribution in [0.4, 0.5) is 5.69 Å². The van der Waals surface area contributed by atoms with Crippen LogP contribution >= 0.6 is 0 Å². The fraction of sp³-hybridized carbons (Fsp3) is 0.438. The summed E-state index contributed by atoms with van der Waals surface area (Å²) in [5.74, 6) is 0. The third kappa shape index (κ3) is 3.26. The first kappa shape index (κ1) is 13.3. The number of aromatic nitrogens is 1. The van der Waals surface area contributed by atoms with Crippen LogP contribution in [0.2, 0.25) is 0 Å². The number of fused-ring (bicyclic) bond motifs is 1. The molecule has 2 atom stereocenters. The highest BCUT2D eigenvalue weighted by atomic mass is 16.5. The summed E-state index contributed by atoms with van der Waals surface area (Å²) in [6, 6.07) is 11.2. The number of anilines is 1. The van der Waals surface area contributed by atoms with Crippen molar-refractivity contribution in [3.63, 3.8) is 0 Å². The van der Waals surface area contributed by atoms with Gasteiger partial charge in [0.05, 0.1) is 30.6 Å². The van der Waals surface area contributed by atoms with Crippen molar-refractivity contribution in [2.75, 3.05) is 25.1 Å². The monoisotopic (exact) mass is 271 g/mol. The number of benzene rings is 1. The smallest absolute Gasteiger partial charge is 0.0703 e. The number of morpholine rings is 1. The standard InChI is InChI=1S/C16H21N3O/c1-12(8-15-11-20-7-6-17-15)19-14-9-13-4-2-3-5-16(13)18-10-14/h2-5,9-10,12,15,17,19H,6-8,11H2,1H3. The maximum Gasteiger partial charge on any atom is 0.0703 e. The molecule has 1 saturated heterocycles. The van der Waals surface area contributed by atoms with Crippen LogP contribution in [-0.4, -0.2) is 36.8 Å². The summed E-state index contributed by atoms with van der Waals surface area (Å²) in [7, 11) is 0. The van der Waals surface area contributed by atoms with Gasteiger partial charge in [0.15, 0.2) is 0 Å². The van der Waals surface area contributed by atoms with Gasteiger partial charge in [0.2, 0.25) is 0 Å². The quantitative estimate of drug-likeness (QED) is 0.896. The van der Waals surface area contributed by atoms with Crippen molar-refractivity contribution in [2.45, 2.75) is 25.4 Å². The molecule has 4 heteroatoms. The van der Waals surface area contributed by atoms with Crippen molar-refractivity contribution in [1.29, 1.82) is 0 Å². The minimum Gasteiger partial charge on any atom is -0.381 e. The zero-order valence-corrected chi connectivity index (χ0v) is 11.8. The molecule has 1 aromatic carbocycles. The lowest BCUT2D eigenvalue weighted by molar-refractivity contribution is 0.0731. The molecule has 0 bridgehead atoms. The van der Waals surface area contributed by atoms with Crippen molar-refractivity contribution in [2.24, 2.45) is 0 Å². The van der Waals surface area contributed by atoms with Gasteiger partial charge < -0.3 is 15.4 Å². The first-order valence-electron chi connectivity index (χ1n) is 7.24. The van der Waals surface area contributed by atoms with Gasteiger partial charge in [-0.2, -0.15) is 0 Å². The Morgan fingerprint density at radius 2 is 2.35 bits per heavy atom.